The Hall–Kier alpha value is -1.72. The van der Waals surface area contributed by atoms with E-state index in [-0.39, 0.29) is 5.82 Å². The molecule has 90 valence electrons. The van der Waals surface area contributed by atoms with Crippen molar-refractivity contribution in [1.29, 1.82) is 0 Å². The summed E-state index contributed by atoms with van der Waals surface area (Å²) in [6.45, 7) is 1.58. The lowest BCUT2D eigenvalue weighted by Gasteiger charge is -2.10. The molecule has 0 spiro atoms. The average molecular weight is 234 g/mol. The molecule has 1 heterocycles. The SMILES string of the molecule is COC(c1ccccc1)c1nc(C(C)O)no1. The predicted octanol–water partition coefficient (Wildman–Crippen LogP) is 1.86. The number of methoxy groups -OCH3 is 1. The highest BCUT2D eigenvalue weighted by Gasteiger charge is 2.21. The normalized spacial score (nSPS) is 14.5. The second kappa shape index (κ2) is 5.07. The molecule has 1 aromatic carbocycles. The van der Waals surface area contributed by atoms with E-state index in [1.54, 1.807) is 14.0 Å². The standard InChI is InChI=1S/C12H14N2O3/c1-8(15)11-13-12(17-14-11)10(16-2)9-6-4-3-5-7-9/h3-8,10,15H,1-2H3. The van der Waals surface area contributed by atoms with Gasteiger partial charge < -0.3 is 14.4 Å². The number of aliphatic hydroxyl groups is 1. The molecule has 2 rings (SSSR count). The Kier molecular flexibility index (Phi) is 3.51. The van der Waals surface area contributed by atoms with E-state index in [9.17, 15) is 5.11 Å². The zero-order chi connectivity index (χ0) is 12.3. The summed E-state index contributed by atoms with van der Waals surface area (Å²) >= 11 is 0. The van der Waals surface area contributed by atoms with Crippen molar-refractivity contribution in [2.24, 2.45) is 0 Å². The van der Waals surface area contributed by atoms with Crippen LogP contribution in [0, 0.1) is 0 Å². The van der Waals surface area contributed by atoms with Gasteiger partial charge in [-0.05, 0) is 12.5 Å². The van der Waals surface area contributed by atoms with Gasteiger partial charge in [-0.15, -0.1) is 0 Å². The van der Waals surface area contributed by atoms with Crippen molar-refractivity contribution in [3.8, 4) is 0 Å². The Morgan fingerprint density at radius 1 is 1.29 bits per heavy atom. The molecule has 0 saturated carbocycles. The fraction of sp³-hybridized carbons (Fsp3) is 0.333. The van der Waals surface area contributed by atoms with Crippen molar-refractivity contribution >= 4 is 0 Å². The molecule has 1 N–H and O–H groups in total. The molecule has 0 amide bonds. The molecule has 0 aliphatic carbocycles. The average Bonchev–Trinajstić information content (AvgIpc) is 2.81. The number of nitrogens with zero attached hydrogens (tertiary/aromatic N) is 2. The van der Waals surface area contributed by atoms with E-state index in [4.69, 9.17) is 9.26 Å². The molecule has 2 unspecified atom stereocenters. The highest BCUT2D eigenvalue weighted by atomic mass is 16.5. The minimum absolute atomic E-state index is 0.262. The van der Waals surface area contributed by atoms with Gasteiger partial charge in [0, 0.05) is 7.11 Å². The van der Waals surface area contributed by atoms with Crippen LogP contribution in [-0.2, 0) is 4.74 Å². The van der Waals surface area contributed by atoms with E-state index >= 15 is 0 Å². The second-order valence-corrected chi connectivity index (χ2v) is 3.69. The highest BCUT2D eigenvalue weighted by Crippen LogP contribution is 2.24. The predicted molar refractivity (Wildman–Crippen MR) is 60.2 cm³/mol. The third kappa shape index (κ3) is 2.51. The van der Waals surface area contributed by atoms with E-state index in [0.29, 0.717) is 5.89 Å². The van der Waals surface area contributed by atoms with E-state index in [0.717, 1.165) is 5.56 Å². The van der Waals surface area contributed by atoms with Crippen molar-refractivity contribution in [2.45, 2.75) is 19.1 Å². The molecule has 1 aromatic heterocycles. The summed E-state index contributed by atoms with van der Waals surface area (Å²) in [5, 5.41) is 13.0. The summed E-state index contributed by atoms with van der Waals surface area (Å²) in [5.74, 6) is 0.604. The lowest BCUT2D eigenvalue weighted by Crippen LogP contribution is -2.04. The molecule has 5 heteroatoms. The molecule has 0 aliphatic heterocycles. The third-order valence-corrected chi connectivity index (χ3v) is 2.39. The van der Waals surface area contributed by atoms with Crippen LogP contribution in [0.3, 0.4) is 0 Å². The topological polar surface area (TPSA) is 68.4 Å². The molecule has 0 radical (unpaired) electrons. The third-order valence-electron chi connectivity index (χ3n) is 2.39. The van der Waals surface area contributed by atoms with Gasteiger partial charge in [0.15, 0.2) is 11.9 Å². The number of hydrogen-bond acceptors (Lipinski definition) is 5. The number of ether oxygens (including phenoxy) is 1. The molecule has 17 heavy (non-hydrogen) atoms. The van der Waals surface area contributed by atoms with Crippen LogP contribution in [0.4, 0.5) is 0 Å². The summed E-state index contributed by atoms with van der Waals surface area (Å²) in [6, 6.07) is 9.58. The first kappa shape index (κ1) is 11.8. The maximum Gasteiger partial charge on any atom is 0.260 e. The van der Waals surface area contributed by atoms with E-state index in [2.05, 4.69) is 10.1 Å². The monoisotopic (exact) mass is 234 g/mol. The van der Waals surface area contributed by atoms with Gasteiger partial charge in [0.1, 0.15) is 6.10 Å². The molecule has 5 nitrogen and oxygen atoms in total. The lowest BCUT2D eigenvalue weighted by molar-refractivity contribution is 0.105. The minimum Gasteiger partial charge on any atom is -0.385 e. The fourth-order valence-electron chi connectivity index (χ4n) is 1.53. The Labute approximate surface area is 99.0 Å². The molecule has 0 fully saturated rings. The maximum atomic E-state index is 9.34. The quantitative estimate of drug-likeness (QED) is 0.874. The van der Waals surface area contributed by atoms with Crippen LogP contribution < -0.4 is 0 Å². The molecular weight excluding hydrogens is 220 g/mol. The Morgan fingerprint density at radius 3 is 2.53 bits per heavy atom. The van der Waals surface area contributed by atoms with Gasteiger partial charge in [-0.3, -0.25) is 0 Å². The van der Waals surface area contributed by atoms with Crippen molar-refractivity contribution in [3.63, 3.8) is 0 Å². The number of rotatable bonds is 4. The van der Waals surface area contributed by atoms with Crippen molar-refractivity contribution in [2.75, 3.05) is 7.11 Å². The summed E-state index contributed by atoms with van der Waals surface area (Å²) in [4.78, 5) is 4.10. The van der Waals surface area contributed by atoms with Crippen LogP contribution in [-0.4, -0.2) is 22.4 Å². The van der Waals surface area contributed by atoms with Gasteiger partial charge in [-0.25, -0.2) is 0 Å². The molecular formula is C12H14N2O3. The highest BCUT2D eigenvalue weighted by molar-refractivity contribution is 5.22. The summed E-state index contributed by atoms with van der Waals surface area (Å²) in [5.41, 5.74) is 0.927. The summed E-state index contributed by atoms with van der Waals surface area (Å²) < 4.78 is 10.4. The number of hydrogen-bond donors (Lipinski definition) is 1. The van der Waals surface area contributed by atoms with E-state index in [1.807, 2.05) is 30.3 Å². The van der Waals surface area contributed by atoms with Gasteiger partial charge in [0.25, 0.3) is 5.89 Å². The first-order valence-electron chi connectivity index (χ1n) is 5.31. The molecule has 2 aromatic rings. The van der Waals surface area contributed by atoms with Crippen molar-refractivity contribution in [3.05, 3.63) is 47.6 Å². The number of benzene rings is 1. The van der Waals surface area contributed by atoms with Gasteiger partial charge in [0.2, 0.25) is 0 Å². The molecule has 0 saturated heterocycles. The van der Waals surface area contributed by atoms with Crippen LogP contribution in [0.5, 0.6) is 0 Å². The maximum absolute atomic E-state index is 9.34. The van der Waals surface area contributed by atoms with Crippen LogP contribution in [0.25, 0.3) is 0 Å². The largest absolute Gasteiger partial charge is 0.385 e. The van der Waals surface area contributed by atoms with Crippen molar-refractivity contribution < 1.29 is 14.4 Å². The van der Waals surface area contributed by atoms with Gasteiger partial charge in [0.05, 0.1) is 0 Å². The smallest absolute Gasteiger partial charge is 0.260 e. The lowest BCUT2D eigenvalue weighted by atomic mass is 10.1. The Balaban J connectivity index is 2.29. The minimum atomic E-state index is -0.749. The fourth-order valence-corrected chi connectivity index (χ4v) is 1.53. The number of aliphatic hydroxyl groups excluding tert-OH is 1. The van der Waals surface area contributed by atoms with Crippen LogP contribution >= 0.6 is 0 Å². The van der Waals surface area contributed by atoms with Crippen molar-refractivity contribution in [1.82, 2.24) is 10.1 Å². The Bertz CT molecular complexity index is 468. The molecule has 0 aliphatic rings. The molecule has 2 atom stereocenters. The van der Waals surface area contributed by atoms with Gasteiger partial charge in [-0.1, -0.05) is 35.5 Å². The molecule has 0 bridgehead atoms. The van der Waals surface area contributed by atoms with E-state index < -0.39 is 12.2 Å². The first-order chi connectivity index (χ1) is 8.22. The second-order valence-electron chi connectivity index (χ2n) is 3.69. The van der Waals surface area contributed by atoms with Gasteiger partial charge >= 0.3 is 0 Å². The first-order valence-corrected chi connectivity index (χ1v) is 5.31. The van der Waals surface area contributed by atoms with Crippen LogP contribution in [0.15, 0.2) is 34.9 Å². The van der Waals surface area contributed by atoms with E-state index in [1.165, 1.54) is 0 Å². The number of aromatic nitrogens is 2. The zero-order valence-electron chi connectivity index (χ0n) is 9.70. The Morgan fingerprint density at radius 2 is 2.00 bits per heavy atom. The van der Waals surface area contributed by atoms with Crippen LogP contribution in [0.1, 0.15) is 36.4 Å². The van der Waals surface area contributed by atoms with Crippen LogP contribution in [0.2, 0.25) is 0 Å². The summed E-state index contributed by atoms with van der Waals surface area (Å²) in [6.07, 6.45) is -1.16. The summed E-state index contributed by atoms with van der Waals surface area (Å²) in [7, 11) is 1.57. The zero-order valence-corrected chi connectivity index (χ0v) is 9.70. The van der Waals surface area contributed by atoms with Gasteiger partial charge in [-0.2, -0.15) is 4.98 Å².